The number of aryl methyl sites for hydroxylation is 3. The molecule has 0 atom stereocenters. The van der Waals surface area contributed by atoms with Crippen LogP contribution in [-0.2, 0) is 25.7 Å². The number of hydrazone groups is 4. The van der Waals surface area contributed by atoms with Crippen LogP contribution in [0.25, 0.3) is 79.1 Å². The third-order valence-corrected chi connectivity index (χ3v) is 22.2. The first-order valence-electron chi connectivity index (χ1n) is 40.8. The Bertz CT molecular complexity index is 7750. The van der Waals surface area contributed by atoms with Crippen molar-refractivity contribution in [3.8, 4) is 45.4 Å². The zero-order valence-corrected chi connectivity index (χ0v) is 74.6. The first kappa shape index (κ1) is 89.4. The van der Waals surface area contributed by atoms with E-state index >= 15 is 0 Å². The van der Waals surface area contributed by atoms with Crippen molar-refractivity contribution in [1.82, 2.24) is 91.3 Å². The molecular weight excluding hydrogens is 1840 g/mol. The number of hydrogen-bond acceptors (Lipinski definition) is 38. The molecule has 135 heavy (non-hydrogen) atoms. The van der Waals surface area contributed by atoms with E-state index in [2.05, 4.69) is 169 Å². The van der Waals surface area contributed by atoms with Crippen LogP contribution in [0.1, 0.15) is 113 Å². The van der Waals surface area contributed by atoms with Crippen molar-refractivity contribution in [3.05, 3.63) is 330 Å². The number of carbonyl (C=O) groups is 1. The molecule has 0 spiro atoms. The van der Waals surface area contributed by atoms with Gasteiger partial charge < -0.3 is 18.3 Å². The monoisotopic (exact) mass is 1910 g/mol. The molecule has 0 saturated carbocycles. The zero-order valence-electron chi connectivity index (χ0n) is 71.5. The van der Waals surface area contributed by atoms with Crippen molar-refractivity contribution in [2.75, 3.05) is 28.5 Å². The molecule has 0 unspecified atom stereocenters. The Morgan fingerprint density at radius 1 is 0.437 bits per heavy atom. The highest BCUT2D eigenvalue weighted by Crippen LogP contribution is 2.39. The normalized spacial score (nSPS) is 11.7. The van der Waals surface area contributed by atoms with Crippen molar-refractivity contribution >= 4 is 150 Å². The Morgan fingerprint density at radius 3 is 1.33 bits per heavy atom. The summed E-state index contributed by atoms with van der Waals surface area (Å²) in [4.78, 5) is 68.9. The first-order chi connectivity index (χ1) is 65.6. The van der Waals surface area contributed by atoms with Crippen LogP contribution >= 0.6 is 39.1 Å². The molecule has 12 heterocycles. The van der Waals surface area contributed by atoms with E-state index in [0.29, 0.717) is 145 Å². The number of rotatable bonds is 26. The Balaban J connectivity index is 0.000000125. The van der Waals surface area contributed by atoms with Crippen molar-refractivity contribution in [1.29, 1.82) is 0 Å². The molecule has 11 aromatic heterocycles. The van der Waals surface area contributed by atoms with Gasteiger partial charge in [0, 0.05) is 69.1 Å². The highest BCUT2D eigenvalue weighted by Gasteiger charge is 2.25. The van der Waals surface area contributed by atoms with Crippen molar-refractivity contribution < 1.29 is 51.5 Å². The Hall–Kier alpha value is -17.5. The molecule has 0 aliphatic carbocycles. The van der Waals surface area contributed by atoms with Crippen LogP contribution in [0.2, 0.25) is 10.0 Å². The Labute approximate surface area is 779 Å². The summed E-state index contributed by atoms with van der Waals surface area (Å²) in [5.74, 6) is 4.47. The highest BCUT2D eigenvalue weighted by molar-refractivity contribution is 9.10. The topological polar surface area (TPSA) is 533 Å². The minimum absolute atomic E-state index is 0.00834. The Kier molecular flexibility index (Phi) is 26.9. The third-order valence-electron chi connectivity index (χ3n) is 21.0. The van der Waals surface area contributed by atoms with E-state index in [1.54, 1.807) is 49.0 Å². The number of furan rings is 2. The molecule has 19 aromatic rings. The number of aromatic amines is 1. The van der Waals surface area contributed by atoms with E-state index < -0.39 is 9.85 Å². The first-order valence-corrected chi connectivity index (χ1v) is 42.3. The number of benzene rings is 8. The summed E-state index contributed by atoms with van der Waals surface area (Å²) in [6, 6.07) is 57.4. The SMILES string of the molecule is CC(=O)c1ccc(Cc2nc3nonc3nc2N/N=C/c2cn[nH]c2-c2ccccc2)cc1.Cc1ccc(-c2ccc(/C=N/Nc3nc4nonc4nc3Cc3ccc(Br)cc3)o2)cc1Cl.Cc1cccc(Cc2nc3nonc3nc2N/N=C/c2cc3c(cc2[N+](=O)[O-])OCO3)c1C.Cc1cccc(Cc2nc3nonc3nc2N/N=C/c2ccc(-c3ccc(Cl)c([N+](=O)[O-])c3)o2)c1C. The zero-order chi connectivity index (χ0) is 93.6. The number of fused-ring (bicyclic) bond motifs is 5. The fourth-order valence-electron chi connectivity index (χ4n) is 13.5. The van der Waals surface area contributed by atoms with Gasteiger partial charge in [0.1, 0.15) is 28.1 Å². The second-order valence-corrected chi connectivity index (χ2v) is 31.6. The van der Waals surface area contributed by atoms with Crippen LogP contribution in [0.4, 0.5) is 34.6 Å². The minimum atomic E-state index is -0.543. The van der Waals surface area contributed by atoms with Gasteiger partial charge in [-0.2, -0.15) is 25.5 Å². The lowest BCUT2D eigenvalue weighted by atomic mass is 9.99. The average molecular weight is 1910 g/mol. The van der Waals surface area contributed by atoms with E-state index in [9.17, 15) is 25.0 Å². The number of ether oxygens (including phenoxy) is 2. The maximum atomic E-state index is 11.5. The van der Waals surface area contributed by atoms with Crippen molar-refractivity contribution in [2.45, 2.75) is 67.2 Å². The standard InChI is InChI=1S/C24H18ClN7O4.C23H16BrClN6O2.C23H18N8O2.C21H17N7O5/c1-13-4-3-5-15(14(13)2)10-19-22(28-24-23(27-19)30-36-31-24)29-26-12-17-7-9-21(35-17)16-6-8-18(25)20(11-16)32(33)34;1-13-2-5-15(11-18(13)25)20-9-8-17(32-20)12-26-29-21-19(10-14-3-6-16(24)7-4-14)27-22-23(28-21)31-33-30-22;1-14(32)16-9-7-15(8-10-16)11-19-21(27-23-22(26-19)30-33-31-23)29-25-13-18-12-24-28-20(18)17-5-3-2-4-6-17;1-11-4-3-5-13(12(11)2)6-15-19(24-21-20(23-15)26-33-27-21)25-22-9-14-7-17-18(32-10-31-17)8-16(14)28(29)30/h3-9,11-12H,10H2,1-2H3,(H,28,29,31);2-9,11-12H,10H2,1H3,(H,28,29,31);2-10,12-13H,11H2,1H3,(H,24,28)(H,27,29,31);3-5,7-9H,6,10H2,1-2H3,(H,24,25,27)/b2*26-12+;25-13+;22-9+. The van der Waals surface area contributed by atoms with Gasteiger partial charge in [-0.1, -0.05) is 154 Å². The maximum absolute atomic E-state index is 11.5. The fourth-order valence-corrected chi connectivity index (χ4v) is 14.2. The van der Waals surface area contributed by atoms with Gasteiger partial charge in [-0.15, -0.1) is 0 Å². The second-order valence-electron chi connectivity index (χ2n) is 29.9. The molecule has 0 radical (unpaired) electrons. The number of hydrogen-bond donors (Lipinski definition) is 5. The predicted octanol–water partition coefficient (Wildman–Crippen LogP) is 18.5. The maximum Gasteiger partial charge on any atom is 0.288 e. The molecule has 0 bridgehead atoms. The number of aromatic nitrogens is 18. The largest absolute Gasteiger partial charge is 0.455 e. The van der Waals surface area contributed by atoms with Gasteiger partial charge in [0.2, 0.25) is 52.0 Å². The number of ketones is 1. The molecule has 41 nitrogen and oxygen atoms in total. The van der Waals surface area contributed by atoms with Gasteiger partial charge in [-0.05, 0) is 194 Å². The van der Waals surface area contributed by atoms with E-state index in [0.717, 1.165) is 71.4 Å². The molecule has 44 heteroatoms. The average Bonchev–Trinajstić information content (AvgIpc) is 1.77. The lowest BCUT2D eigenvalue weighted by Gasteiger charge is -2.10. The highest BCUT2D eigenvalue weighted by atomic mass is 79.9. The summed E-state index contributed by atoms with van der Waals surface area (Å²) < 4.78 is 42.2. The van der Waals surface area contributed by atoms with E-state index in [-0.39, 0.29) is 57.1 Å². The number of nitrogens with one attached hydrogen (secondary N) is 5. The van der Waals surface area contributed by atoms with Gasteiger partial charge in [0.05, 0.1) is 81.0 Å². The van der Waals surface area contributed by atoms with Crippen LogP contribution in [0.15, 0.2) is 246 Å². The summed E-state index contributed by atoms with van der Waals surface area (Å²) >= 11 is 15.6. The van der Waals surface area contributed by atoms with E-state index in [1.165, 1.54) is 49.2 Å². The number of Topliss-reactive ketones (excluding diaryl/α,β-unsaturated/α-hetero) is 1. The molecule has 1 aliphatic rings. The van der Waals surface area contributed by atoms with Crippen LogP contribution in [0.5, 0.6) is 11.5 Å². The van der Waals surface area contributed by atoms with Crippen LogP contribution in [0, 0.1) is 54.8 Å². The number of nitro benzene ring substituents is 2. The van der Waals surface area contributed by atoms with Gasteiger partial charge in [-0.25, -0.2) is 58.4 Å². The Morgan fingerprint density at radius 2 is 0.867 bits per heavy atom. The van der Waals surface area contributed by atoms with Gasteiger partial charge in [-0.3, -0.25) is 51.8 Å². The summed E-state index contributed by atoms with van der Waals surface area (Å²) in [5.41, 5.74) is 30.8. The summed E-state index contributed by atoms with van der Waals surface area (Å²) in [6.07, 6.45) is 9.64. The number of halogens is 3. The number of anilines is 4. The van der Waals surface area contributed by atoms with Crippen LogP contribution < -0.4 is 31.2 Å². The number of nitrogens with zero attached hydrogens (tertiary/aromatic N) is 23. The molecule has 1 aliphatic heterocycles. The molecule has 20 rings (SSSR count). The number of carbonyl (C=O) groups excluding carboxylic acids is 1. The van der Waals surface area contributed by atoms with Crippen molar-refractivity contribution in [2.24, 2.45) is 20.4 Å². The smallest absolute Gasteiger partial charge is 0.288 e. The predicted molar refractivity (Wildman–Crippen MR) is 501 cm³/mol. The summed E-state index contributed by atoms with van der Waals surface area (Å²) in [5, 5.41) is 77.7. The molecule has 0 saturated heterocycles. The van der Waals surface area contributed by atoms with E-state index in [1.807, 2.05) is 148 Å². The number of H-pyrrole nitrogens is 1. The lowest BCUT2D eigenvalue weighted by molar-refractivity contribution is -0.385. The molecule has 8 aromatic carbocycles. The molecular formula is C91H69BrCl2N28O13. The number of nitro groups is 2. The minimum Gasteiger partial charge on any atom is -0.455 e. The molecule has 0 amide bonds. The lowest BCUT2D eigenvalue weighted by Crippen LogP contribution is -2.05. The summed E-state index contributed by atoms with van der Waals surface area (Å²) in [6.45, 7) is 11.7. The van der Waals surface area contributed by atoms with Crippen LogP contribution in [0.3, 0.4) is 0 Å². The van der Waals surface area contributed by atoms with Crippen LogP contribution in [-0.4, -0.2) is 139 Å². The van der Waals surface area contributed by atoms with Gasteiger partial charge in [0.25, 0.3) is 11.4 Å². The molecule has 672 valence electrons. The molecule has 5 N–H and O–H groups in total. The van der Waals surface area contributed by atoms with Gasteiger partial charge >= 0.3 is 0 Å². The summed E-state index contributed by atoms with van der Waals surface area (Å²) in [7, 11) is 0. The third kappa shape index (κ3) is 21.5. The fraction of sp³-hybridized carbons (Fsp3) is 0.121. The quantitative estimate of drug-likeness (QED) is 0.0145. The van der Waals surface area contributed by atoms with Crippen molar-refractivity contribution in [3.63, 3.8) is 0 Å². The second kappa shape index (κ2) is 40.6. The molecule has 0 fully saturated rings. The van der Waals surface area contributed by atoms with E-state index in [4.69, 9.17) is 60.0 Å². The van der Waals surface area contributed by atoms with Gasteiger partial charge in [0.15, 0.2) is 40.6 Å².